The quantitative estimate of drug-likeness (QED) is 0.765. The van der Waals surface area contributed by atoms with Crippen molar-refractivity contribution in [2.45, 2.75) is 33.6 Å². The van der Waals surface area contributed by atoms with Gasteiger partial charge in [-0.1, -0.05) is 46.4 Å². The Morgan fingerprint density at radius 2 is 1.60 bits per heavy atom. The van der Waals surface area contributed by atoms with Crippen molar-refractivity contribution in [2.75, 3.05) is 5.32 Å². The number of rotatable bonds is 4. The van der Waals surface area contributed by atoms with Crippen LogP contribution in [0.3, 0.4) is 0 Å². The van der Waals surface area contributed by atoms with Crippen LogP contribution >= 0.6 is 0 Å². The fourth-order valence-electron chi connectivity index (χ4n) is 1.28. The molecule has 0 aliphatic carbocycles. The van der Waals surface area contributed by atoms with Crippen molar-refractivity contribution < 1.29 is 0 Å². The first kappa shape index (κ1) is 11.8. The fraction of sp³-hybridized carbons (Fsp3) is 0.429. The summed E-state index contributed by atoms with van der Waals surface area (Å²) < 4.78 is 0. The van der Waals surface area contributed by atoms with Crippen molar-refractivity contribution in [2.24, 2.45) is 5.92 Å². The van der Waals surface area contributed by atoms with Crippen molar-refractivity contribution in [3.8, 4) is 0 Å². The van der Waals surface area contributed by atoms with E-state index in [2.05, 4.69) is 63.9 Å². The van der Waals surface area contributed by atoms with Crippen LogP contribution in [-0.2, 0) is 0 Å². The van der Waals surface area contributed by atoms with E-state index in [9.17, 15) is 0 Å². The second kappa shape index (κ2) is 5.01. The van der Waals surface area contributed by atoms with Crippen LogP contribution in [0.25, 0.3) is 0 Å². The topological polar surface area (TPSA) is 12.0 Å². The van der Waals surface area contributed by atoms with Gasteiger partial charge in [-0.25, -0.2) is 0 Å². The molecule has 1 rings (SSSR count). The molecule has 0 bridgehead atoms. The van der Waals surface area contributed by atoms with Gasteiger partial charge in [0.05, 0.1) is 0 Å². The minimum atomic E-state index is 0.467. The predicted octanol–water partition coefficient (Wildman–Crippen LogP) is 4.39. The summed E-state index contributed by atoms with van der Waals surface area (Å²) in [6.07, 6.45) is 0. The van der Waals surface area contributed by atoms with E-state index in [0.29, 0.717) is 11.8 Å². The third-order valence-corrected chi connectivity index (χ3v) is 2.58. The van der Waals surface area contributed by atoms with Gasteiger partial charge in [-0.05, 0) is 29.5 Å². The van der Waals surface area contributed by atoms with Gasteiger partial charge in [0.2, 0.25) is 0 Å². The summed E-state index contributed by atoms with van der Waals surface area (Å²) in [4.78, 5) is 0. The van der Waals surface area contributed by atoms with Gasteiger partial charge in [-0.2, -0.15) is 0 Å². The first-order chi connectivity index (χ1) is 7.00. The molecule has 0 spiro atoms. The lowest BCUT2D eigenvalue weighted by Crippen LogP contribution is -2.04. The van der Waals surface area contributed by atoms with Crippen LogP contribution in [-0.4, -0.2) is 0 Å². The summed E-state index contributed by atoms with van der Waals surface area (Å²) in [7, 11) is 0. The van der Waals surface area contributed by atoms with Crippen LogP contribution in [0.4, 0.5) is 5.69 Å². The molecule has 82 valence electrons. The largest absolute Gasteiger partial charge is 0.359 e. The Labute approximate surface area is 93.2 Å². The van der Waals surface area contributed by atoms with Crippen LogP contribution in [0.15, 0.2) is 36.5 Å². The molecule has 0 aliphatic heterocycles. The minimum Gasteiger partial charge on any atom is -0.359 e. The monoisotopic (exact) mass is 203 g/mol. The Hall–Kier alpha value is -1.24. The maximum Gasteiger partial charge on any atom is 0.0381 e. The molecular formula is C14H21N. The van der Waals surface area contributed by atoms with Crippen molar-refractivity contribution in [1.29, 1.82) is 0 Å². The normalized spacial score (nSPS) is 10.8. The van der Waals surface area contributed by atoms with E-state index in [4.69, 9.17) is 0 Å². The Kier molecular flexibility index (Phi) is 3.96. The van der Waals surface area contributed by atoms with Gasteiger partial charge in [-0.3, -0.25) is 0 Å². The van der Waals surface area contributed by atoms with E-state index in [1.165, 1.54) is 5.56 Å². The molecule has 0 aliphatic rings. The van der Waals surface area contributed by atoms with Crippen molar-refractivity contribution >= 4 is 5.69 Å². The Morgan fingerprint density at radius 3 is 2.00 bits per heavy atom. The van der Waals surface area contributed by atoms with Gasteiger partial charge < -0.3 is 5.32 Å². The van der Waals surface area contributed by atoms with Gasteiger partial charge in [0.15, 0.2) is 0 Å². The van der Waals surface area contributed by atoms with E-state index in [0.717, 1.165) is 11.4 Å². The number of benzene rings is 1. The Bertz CT molecular complexity index is 320. The molecular weight excluding hydrogens is 182 g/mol. The second-order valence-corrected chi connectivity index (χ2v) is 4.58. The summed E-state index contributed by atoms with van der Waals surface area (Å²) >= 11 is 0. The number of nitrogens with one attached hydrogen (secondary N) is 1. The van der Waals surface area contributed by atoms with E-state index >= 15 is 0 Å². The van der Waals surface area contributed by atoms with Gasteiger partial charge >= 0.3 is 0 Å². The third kappa shape index (κ3) is 3.43. The first-order valence-electron chi connectivity index (χ1n) is 5.56. The van der Waals surface area contributed by atoms with Crippen LogP contribution in [0.5, 0.6) is 0 Å². The van der Waals surface area contributed by atoms with Crippen molar-refractivity contribution in [1.82, 2.24) is 0 Å². The predicted molar refractivity (Wildman–Crippen MR) is 68.1 cm³/mol. The highest BCUT2D eigenvalue weighted by Gasteiger charge is 2.01. The van der Waals surface area contributed by atoms with Crippen LogP contribution in [0.1, 0.15) is 39.2 Å². The molecule has 1 N–H and O–H groups in total. The highest BCUT2D eigenvalue weighted by molar-refractivity contribution is 5.49. The molecule has 0 fully saturated rings. The average molecular weight is 203 g/mol. The Morgan fingerprint density at radius 1 is 1.07 bits per heavy atom. The highest BCUT2D eigenvalue weighted by Crippen LogP contribution is 2.19. The fourth-order valence-corrected chi connectivity index (χ4v) is 1.28. The molecule has 0 saturated heterocycles. The lowest BCUT2D eigenvalue weighted by atomic mass is 10.0. The molecule has 1 heteroatoms. The molecule has 0 radical (unpaired) electrons. The maximum absolute atomic E-state index is 4.00. The molecule has 0 saturated carbocycles. The van der Waals surface area contributed by atoms with Crippen LogP contribution < -0.4 is 5.32 Å². The molecule has 0 atom stereocenters. The average Bonchev–Trinajstić information content (AvgIpc) is 2.18. The van der Waals surface area contributed by atoms with Crippen LogP contribution in [0, 0.1) is 5.92 Å². The number of hydrogen-bond donors (Lipinski definition) is 1. The molecule has 1 aromatic rings. The summed E-state index contributed by atoms with van der Waals surface area (Å²) in [6.45, 7) is 12.7. The van der Waals surface area contributed by atoms with Gasteiger partial charge in [0.25, 0.3) is 0 Å². The highest BCUT2D eigenvalue weighted by atomic mass is 14.9. The van der Waals surface area contributed by atoms with E-state index in [-0.39, 0.29) is 0 Å². The van der Waals surface area contributed by atoms with E-state index < -0.39 is 0 Å². The second-order valence-electron chi connectivity index (χ2n) is 4.58. The summed E-state index contributed by atoms with van der Waals surface area (Å²) in [5, 5.41) is 3.31. The number of hydrogen-bond acceptors (Lipinski definition) is 1. The molecule has 0 heterocycles. The van der Waals surface area contributed by atoms with E-state index in [1.54, 1.807) is 0 Å². The molecule has 0 amide bonds. The summed E-state index contributed by atoms with van der Waals surface area (Å²) in [5.41, 5.74) is 3.56. The number of anilines is 1. The zero-order valence-electron chi connectivity index (χ0n) is 10.2. The smallest absolute Gasteiger partial charge is 0.0381 e. The zero-order valence-corrected chi connectivity index (χ0v) is 10.2. The molecule has 15 heavy (non-hydrogen) atoms. The lowest BCUT2D eigenvalue weighted by Gasteiger charge is -2.13. The zero-order chi connectivity index (χ0) is 11.4. The molecule has 0 unspecified atom stereocenters. The minimum absolute atomic E-state index is 0.467. The summed E-state index contributed by atoms with van der Waals surface area (Å²) in [6, 6.07) is 8.56. The number of allylic oxidation sites excluding steroid dienone is 1. The van der Waals surface area contributed by atoms with Gasteiger partial charge in [0.1, 0.15) is 0 Å². The molecule has 1 nitrogen and oxygen atoms in total. The van der Waals surface area contributed by atoms with E-state index in [1.807, 2.05) is 0 Å². The standard InChI is InChI=1S/C14H21N/c1-10(2)12(5)15-14-8-6-13(7-9-14)11(3)4/h6-11,15H,5H2,1-4H3. The third-order valence-electron chi connectivity index (χ3n) is 2.58. The molecule has 0 aromatic heterocycles. The summed E-state index contributed by atoms with van der Waals surface area (Å²) in [5.74, 6) is 1.06. The maximum atomic E-state index is 4.00. The Balaban J connectivity index is 2.69. The van der Waals surface area contributed by atoms with Crippen molar-refractivity contribution in [3.63, 3.8) is 0 Å². The van der Waals surface area contributed by atoms with Crippen molar-refractivity contribution in [3.05, 3.63) is 42.1 Å². The van der Waals surface area contributed by atoms with Crippen LogP contribution in [0.2, 0.25) is 0 Å². The SMILES string of the molecule is C=C(Nc1ccc(C(C)C)cc1)C(C)C. The van der Waals surface area contributed by atoms with Gasteiger partial charge in [0, 0.05) is 11.4 Å². The van der Waals surface area contributed by atoms with Gasteiger partial charge in [-0.15, -0.1) is 0 Å². The lowest BCUT2D eigenvalue weighted by molar-refractivity contribution is 0.778. The first-order valence-corrected chi connectivity index (χ1v) is 5.56. The molecule has 1 aromatic carbocycles.